The highest BCUT2D eigenvalue weighted by Gasteiger charge is 2.52. The van der Waals surface area contributed by atoms with Gasteiger partial charge in [-0.15, -0.1) is 0 Å². The first kappa shape index (κ1) is 73.1. The van der Waals surface area contributed by atoms with Crippen LogP contribution in [0.3, 0.4) is 0 Å². The van der Waals surface area contributed by atoms with E-state index in [1.807, 2.05) is 97.1 Å². The highest BCUT2D eigenvalue weighted by Crippen LogP contribution is 2.46. The lowest BCUT2D eigenvalue weighted by Crippen LogP contribution is -2.41. The summed E-state index contributed by atoms with van der Waals surface area (Å²) in [6.07, 6.45) is 0. The normalized spacial score (nSPS) is 13.1. The quantitative estimate of drug-likeness (QED) is 0.0985. The van der Waals surface area contributed by atoms with Crippen LogP contribution in [0.4, 0.5) is 0 Å². The molecule has 0 radical (unpaired) electrons. The van der Waals surface area contributed by atoms with Crippen LogP contribution >= 0.6 is 11.6 Å². The van der Waals surface area contributed by atoms with Gasteiger partial charge in [0.2, 0.25) is 5.28 Å². The molecule has 0 spiro atoms. The SMILES string of the molecule is CC1(C)OB(c2cccc3c4cc(-c5ccc6c(c5)c5ccccc5n6-c5ccccc5)ccc4c4ccccc4c23)OC1(C)C.Clc1nc(-c2ccccc2)nc(-c2ccccc2)n1.c1ccc(-c2nc(-c3ccccc3)nc(-c3cccc4c5cc(-c6ccc7c(c6)c6ccccc6n7-c6ccccc6)ccc5c5ccccc5c34)n2)cc1. The van der Waals surface area contributed by atoms with Crippen LogP contribution in [0.2, 0.25) is 5.28 Å². The van der Waals surface area contributed by atoms with E-state index in [9.17, 15) is 0 Å². The number of hydrogen-bond donors (Lipinski definition) is 0. The van der Waals surface area contributed by atoms with Crippen LogP contribution in [0.25, 0.3) is 199 Å². The van der Waals surface area contributed by atoms with E-state index in [4.69, 9.17) is 35.9 Å². The Morgan fingerprint density at radius 3 is 0.950 bits per heavy atom. The van der Waals surface area contributed by atoms with Crippen LogP contribution in [0.5, 0.6) is 0 Å². The number of rotatable bonds is 10. The molecule has 120 heavy (non-hydrogen) atoms. The van der Waals surface area contributed by atoms with Crippen molar-refractivity contribution in [1.29, 1.82) is 0 Å². The molecule has 4 aromatic heterocycles. The molecule has 0 bridgehead atoms. The van der Waals surface area contributed by atoms with Crippen LogP contribution < -0.4 is 5.46 Å². The van der Waals surface area contributed by atoms with E-state index in [-0.39, 0.29) is 5.28 Å². The predicted octanol–water partition coefficient (Wildman–Crippen LogP) is 27.2. The standard InChI is InChI=1S/C51H32N4.C42H34BNO2.C15H10ClN3/c1-4-15-33(16-5-1)49-52-50(34-17-6-2-7-18-34)54-51(53-49)43-25-14-24-42-44-31-35(27-29-39(44)38-21-10-11-23-41(38)48(42)43)36-28-30-47-45(32-36)40-22-12-13-26-46(40)55(47)37-19-8-3-9-20-37;1-41(2)42(3,4)46-43(45-41)37-19-12-18-34-35-25-27(21-23-31(35)30-15-8-9-17-33(30)40(34)37)28-22-24-39-36(26-28)32-16-10-11-20-38(32)44(39)29-13-6-5-7-14-29;16-15-18-13(11-7-3-1-4-8-11)17-14(19-15)12-9-5-2-6-10-12/h1-32H;5-26H,1-4H3;1-10H. The summed E-state index contributed by atoms with van der Waals surface area (Å²) >= 11 is 5.99. The highest BCUT2D eigenvalue weighted by molar-refractivity contribution is 6.66. The molecule has 0 unspecified atom stereocenters. The smallest absolute Gasteiger partial charge is 0.399 e. The zero-order valence-electron chi connectivity index (χ0n) is 66.3. The third-order valence-electron chi connectivity index (χ3n) is 23.9. The predicted molar refractivity (Wildman–Crippen MR) is 499 cm³/mol. The number of para-hydroxylation sites is 4. The maximum absolute atomic E-state index is 6.60. The summed E-state index contributed by atoms with van der Waals surface area (Å²) in [6.45, 7) is 8.47. The van der Waals surface area contributed by atoms with Crippen molar-refractivity contribution in [1.82, 2.24) is 39.0 Å². The van der Waals surface area contributed by atoms with Crippen LogP contribution in [-0.2, 0) is 9.31 Å². The summed E-state index contributed by atoms with van der Waals surface area (Å²) < 4.78 is 17.9. The van der Waals surface area contributed by atoms with Crippen molar-refractivity contribution in [2.75, 3.05) is 0 Å². The van der Waals surface area contributed by atoms with Crippen molar-refractivity contribution in [2.45, 2.75) is 38.9 Å². The van der Waals surface area contributed by atoms with Crippen molar-refractivity contribution >= 4 is 132 Å². The van der Waals surface area contributed by atoms with Gasteiger partial charge >= 0.3 is 7.12 Å². The van der Waals surface area contributed by atoms with Crippen LogP contribution in [-0.4, -0.2) is 57.4 Å². The van der Waals surface area contributed by atoms with Crippen molar-refractivity contribution in [2.24, 2.45) is 0 Å². The van der Waals surface area contributed by atoms with E-state index < -0.39 is 18.3 Å². The second-order valence-electron chi connectivity index (χ2n) is 31.6. The van der Waals surface area contributed by atoms with Crippen LogP contribution in [0, 0.1) is 0 Å². The maximum atomic E-state index is 6.60. The summed E-state index contributed by atoms with van der Waals surface area (Å²) in [6, 6.07) is 137. The Balaban J connectivity index is 0.000000123. The molecule has 10 nitrogen and oxygen atoms in total. The van der Waals surface area contributed by atoms with E-state index in [2.05, 4.69) is 343 Å². The molecule has 12 heteroatoms. The van der Waals surface area contributed by atoms with Gasteiger partial charge in [-0.05, 0) is 199 Å². The molecule has 1 saturated heterocycles. The lowest BCUT2D eigenvalue weighted by molar-refractivity contribution is 0.00578. The Kier molecular flexibility index (Phi) is 18.4. The topological polar surface area (TPSA) is 106 Å². The molecule has 18 aromatic carbocycles. The second kappa shape index (κ2) is 30.2. The van der Waals surface area contributed by atoms with Gasteiger partial charge in [0.1, 0.15) is 0 Å². The lowest BCUT2D eigenvalue weighted by atomic mass is 9.74. The fraction of sp³-hybridized carbons (Fsp3) is 0.0556. The molecule has 0 amide bonds. The van der Waals surface area contributed by atoms with E-state index in [0.717, 1.165) is 49.7 Å². The summed E-state index contributed by atoms with van der Waals surface area (Å²) in [4.78, 5) is 28.1. The van der Waals surface area contributed by atoms with Gasteiger partial charge in [-0.2, -0.15) is 9.97 Å². The molecule has 0 saturated carbocycles. The number of fused-ring (bicyclic) bond motifs is 18. The summed E-state index contributed by atoms with van der Waals surface area (Å²) in [5.74, 6) is 3.12. The minimum Gasteiger partial charge on any atom is -0.399 e. The second-order valence-corrected chi connectivity index (χ2v) is 31.9. The molecule has 23 rings (SSSR count). The molecule has 22 aromatic rings. The number of nitrogens with zero attached hydrogens (tertiary/aromatic N) is 8. The highest BCUT2D eigenvalue weighted by atomic mass is 35.5. The monoisotopic (exact) mass is 1560 g/mol. The molecule has 1 aliphatic rings. The van der Waals surface area contributed by atoms with Gasteiger partial charge < -0.3 is 18.4 Å². The summed E-state index contributed by atoms with van der Waals surface area (Å²) in [5.41, 5.74) is 16.9. The van der Waals surface area contributed by atoms with Gasteiger partial charge in [-0.3, -0.25) is 0 Å². The number of hydrogen-bond acceptors (Lipinski definition) is 8. The average Bonchev–Trinajstić information content (AvgIpc) is 1.22. The average molecular weight is 1560 g/mol. The molecule has 1 aliphatic heterocycles. The zero-order chi connectivity index (χ0) is 80.6. The molecule has 1 fully saturated rings. The zero-order valence-corrected chi connectivity index (χ0v) is 67.1. The largest absolute Gasteiger partial charge is 0.495 e. The fourth-order valence-electron chi connectivity index (χ4n) is 17.5. The van der Waals surface area contributed by atoms with Gasteiger partial charge in [-0.1, -0.05) is 315 Å². The molecule has 0 N–H and O–H groups in total. The van der Waals surface area contributed by atoms with Gasteiger partial charge in [0.25, 0.3) is 0 Å². The Bertz CT molecular complexity index is 7610. The molecule has 0 aliphatic carbocycles. The minimum atomic E-state index is -0.443. The molecular formula is C108H76BClN8O2. The van der Waals surface area contributed by atoms with Gasteiger partial charge in [0.05, 0.1) is 33.3 Å². The number of halogens is 1. The van der Waals surface area contributed by atoms with E-state index >= 15 is 0 Å². The first-order valence-electron chi connectivity index (χ1n) is 40.6. The summed E-state index contributed by atoms with van der Waals surface area (Å²) in [7, 11) is -0.443. The van der Waals surface area contributed by atoms with Crippen LogP contribution in [0.15, 0.2) is 388 Å². The first-order valence-corrected chi connectivity index (χ1v) is 41.0. The van der Waals surface area contributed by atoms with E-state index in [1.165, 1.54) is 125 Å². The third kappa shape index (κ3) is 13.0. The van der Waals surface area contributed by atoms with Gasteiger partial charge in [0.15, 0.2) is 29.1 Å². The summed E-state index contributed by atoms with van der Waals surface area (Å²) in [5, 5.41) is 19.6. The van der Waals surface area contributed by atoms with Crippen molar-refractivity contribution in [3.63, 3.8) is 0 Å². The van der Waals surface area contributed by atoms with Crippen molar-refractivity contribution < 1.29 is 9.31 Å². The first-order chi connectivity index (χ1) is 58.9. The Hall–Kier alpha value is -14.6. The van der Waals surface area contributed by atoms with Gasteiger partial charge in [0, 0.05) is 66.1 Å². The van der Waals surface area contributed by atoms with Crippen molar-refractivity contribution in [3.05, 3.63) is 394 Å². The van der Waals surface area contributed by atoms with Crippen molar-refractivity contribution in [3.8, 4) is 90.6 Å². The fourth-order valence-corrected chi connectivity index (χ4v) is 17.6. The number of aromatic nitrogens is 8. The molecule has 570 valence electrons. The van der Waals surface area contributed by atoms with E-state index in [1.54, 1.807) is 0 Å². The minimum absolute atomic E-state index is 0.202. The molecular weight excluding hydrogens is 1490 g/mol. The maximum Gasteiger partial charge on any atom is 0.495 e. The molecule has 0 atom stereocenters. The Morgan fingerprint density at radius 1 is 0.233 bits per heavy atom. The van der Waals surface area contributed by atoms with E-state index in [0.29, 0.717) is 29.1 Å². The van der Waals surface area contributed by atoms with Gasteiger partial charge in [-0.25, -0.2) is 19.9 Å². The molecule has 5 heterocycles. The van der Waals surface area contributed by atoms with Crippen LogP contribution in [0.1, 0.15) is 27.7 Å². The Morgan fingerprint density at radius 2 is 0.525 bits per heavy atom. The third-order valence-corrected chi connectivity index (χ3v) is 24.1. The lowest BCUT2D eigenvalue weighted by Gasteiger charge is -2.32. The number of benzene rings is 18. The Labute approximate surface area is 699 Å².